The highest BCUT2D eigenvalue weighted by Gasteiger charge is 2.24. The molecule has 0 amide bonds. The first-order valence-electron chi connectivity index (χ1n) is 10.6. The van der Waals surface area contributed by atoms with Crippen molar-refractivity contribution in [3.05, 3.63) is 42.0 Å². The van der Waals surface area contributed by atoms with Crippen molar-refractivity contribution in [2.24, 2.45) is 17.8 Å². The number of hydrogen-bond acceptors (Lipinski definition) is 2. The van der Waals surface area contributed by atoms with E-state index in [1.807, 2.05) is 13.8 Å². The highest BCUT2D eigenvalue weighted by atomic mass is 16.2. The van der Waals surface area contributed by atoms with Crippen LogP contribution in [-0.4, -0.2) is 12.2 Å². The third kappa shape index (κ3) is 8.89. The van der Waals surface area contributed by atoms with Crippen molar-refractivity contribution >= 4 is 5.69 Å². The van der Waals surface area contributed by atoms with Gasteiger partial charge in [-0.1, -0.05) is 84.6 Å². The fraction of sp³-hybridized carbons (Fsp3) is 0.667. The van der Waals surface area contributed by atoms with Gasteiger partial charge in [0.2, 0.25) is 0 Å². The van der Waals surface area contributed by atoms with Crippen LogP contribution in [0.5, 0.6) is 0 Å². The fourth-order valence-corrected chi connectivity index (χ4v) is 3.65. The van der Waals surface area contributed by atoms with Crippen LogP contribution in [0.2, 0.25) is 0 Å². The van der Waals surface area contributed by atoms with Gasteiger partial charge in [0.05, 0.1) is 0 Å². The lowest BCUT2D eigenvalue weighted by molar-refractivity contribution is 0.365. The lowest BCUT2D eigenvalue weighted by atomic mass is 9.75. The molecule has 1 aliphatic carbocycles. The average molecular weight is 362 g/mol. The van der Waals surface area contributed by atoms with Gasteiger partial charge < -0.3 is 10.8 Å². The van der Waals surface area contributed by atoms with Crippen molar-refractivity contribution in [2.75, 3.05) is 12.8 Å². The molecule has 1 aromatic rings. The number of allylic oxidation sites excluding steroid dienone is 2. The number of aliphatic hydroxyl groups excluding tert-OH is 1. The predicted molar refractivity (Wildman–Crippen MR) is 117 cm³/mol. The maximum atomic E-state index is 7.00. The lowest BCUT2D eigenvalue weighted by Gasteiger charge is -2.30. The summed E-state index contributed by atoms with van der Waals surface area (Å²) in [5.41, 5.74) is 8.20. The van der Waals surface area contributed by atoms with Gasteiger partial charge in [0.15, 0.2) is 0 Å². The van der Waals surface area contributed by atoms with Crippen LogP contribution in [0.25, 0.3) is 0 Å². The van der Waals surface area contributed by atoms with Crippen molar-refractivity contribution in [1.82, 2.24) is 0 Å². The highest BCUT2D eigenvalue weighted by molar-refractivity contribution is 5.40. The molecule has 1 aliphatic rings. The summed E-state index contributed by atoms with van der Waals surface area (Å²) in [5, 5.41) is 7.00. The Hall–Kier alpha value is -1.28. The first-order valence-corrected chi connectivity index (χ1v) is 10.6. The summed E-state index contributed by atoms with van der Waals surface area (Å²) in [6.45, 7) is 11.0. The Bertz CT molecular complexity index is 466. The molecule has 2 rings (SSSR count). The van der Waals surface area contributed by atoms with Crippen molar-refractivity contribution in [1.29, 1.82) is 0 Å². The minimum absolute atomic E-state index is 0.687. The molecular formula is C24H43NO. The van der Waals surface area contributed by atoms with Gasteiger partial charge in [-0.2, -0.15) is 0 Å². The number of nitrogen functional groups attached to an aromatic ring is 1. The summed E-state index contributed by atoms with van der Waals surface area (Å²) in [4.78, 5) is 0. The predicted octanol–water partition coefficient (Wildman–Crippen LogP) is 6.81. The molecule has 0 aliphatic heterocycles. The standard InChI is InChI=1S/C21H33N.C2H6.CH4O/c1-4-6-16(2)7-5-8-20(15-19-10-9-17(19)3)18-11-13-21(22)14-12-18;2*1-2/h9-14,16-17,19-20H,4-8,15,22H2,1-3H3;1-2H3;2H,1H3. The van der Waals surface area contributed by atoms with Crippen LogP contribution in [0.4, 0.5) is 5.69 Å². The summed E-state index contributed by atoms with van der Waals surface area (Å²) in [5.74, 6) is 3.09. The highest BCUT2D eigenvalue weighted by Crippen LogP contribution is 2.37. The van der Waals surface area contributed by atoms with E-state index < -0.39 is 0 Å². The number of anilines is 1. The molecule has 0 fully saturated rings. The normalized spacial score (nSPS) is 20.0. The number of rotatable bonds is 9. The molecule has 2 heteroatoms. The first-order chi connectivity index (χ1) is 12.6. The number of nitrogens with two attached hydrogens (primary N) is 1. The van der Waals surface area contributed by atoms with Crippen molar-refractivity contribution in [3.63, 3.8) is 0 Å². The minimum atomic E-state index is 0.687. The van der Waals surface area contributed by atoms with Gasteiger partial charge in [0.25, 0.3) is 0 Å². The molecule has 0 saturated heterocycles. The van der Waals surface area contributed by atoms with E-state index in [0.29, 0.717) is 5.92 Å². The zero-order valence-corrected chi connectivity index (χ0v) is 18.0. The zero-order valence-electron chi connectivity index (χ0n) is 18.0. The maximum absolute atomic E-state index is 7.00. The van der Waals surface area contributed by atoms with Crippen molar-refractivity contribution < 1.29 is 5.11 Å². The molecule has 0 saturated carbocycles. The monoisotopic (exact) mass is 361 g/mol. The molecule has 150 valence electrons. The largest absolute Gasteiger partial charge is 0.400 e. The van der Waals surface area contributed by atoms with Crippen LogP contribution < -0.4 is 5.73 Å². The first kappa shape index (κ1) is 24.7. The van der Waals surface area contributed by atoms with Crippen molar-refractivity contribution in [2.45, 2.75) is 79.1 Å². The van der Waals surface area contributed by atoms with Gasteiger partial charge in [0.1, 0.15) is 0 Å². The Morgan fingerprint density at radius 2 is 1.62 bits per heavy atom. The third-order valence-electron chi connectivity index (χ3n) is 5.33. The third-order valence-corrected chi connectivity index (χ3v) is 5.33. The maximum Gasteiger partial charge on any atom is 0.0319 e. The SMILES string of the molecule is CC.CCCC(C)CCCC(CC1C=CC1C)c1ccc(N)cc1.CO. The summed E-state index contributed by atoms with van der Waals surface area (Å²) < 4.78 is 0. The molecule has 1 aromatic carbocycles. The van der Waals surface area contributed by atoms with Gasteiger partial charge in [-0.25, -0.2) is 0 Å². The molecule has 4 atom stereocenters. The van der Waals surface area contributed by atoms with E-state index in [4.69, 9.17) is 10.8 Å². The van der Waals surface area contributed by atoms with Crippen LogP contribution in [0.15, 0.2) is 36.4 Å². The Morgan fingerprint density at radius 1 is 1.00 bits per heavy atom. The molecule has 0 bridgehead atoms. The molecule has 0 aromatic heterocycles. The fourth-order valence-electron chi connectivity index (χ4n) is 3.65. The molecule has 0 spiro atoms. The molecule has 3 N–H and O–H groups in total. The topological polar surface area (TPSA) is 46.2 Å². The van der Waals surface area contributed by atoms with E-state index in [9.17, 15) is 0 Å². The van der Waals surface area contributed by atoms with Gasteiger partial charge in [-0.05, 0) is 54.2 Å². The zero-order chi connectivity index (χ0) is 19.9. The van der Waals surface area contributed by atoms with E-state index >= 15 is 0 Å². The van der Waals surface area contributed by atoms with Crippen LogP contribution in [0, 0.1) is 17.8 Å². The van der Waals surface area contributed by atoms with E-state index in [0.717, 1.165) is 30.6 Å². The van der Waals surface area contributed by atoms with E-state index in [-0.39, 0.29) is 0 Å². The Labute approximate surface area is 162 Å². The average Bonchev–Trinajstić information content (AvgIpc) is 2.67. The number of aliphatic hydroxyl groups is 1. The van der Waals surface area contributed by atoms with E-state index in [2.05, 4.69) is 57.2 Å². The number of hydrogen-bond donors (Lipinski definition) is 2. The second-order valence-corrected chi connectivity index (χ2v) is 7.33. The van der Waals surface area contributed by atoms with Gasteiger partial charge in [-0.3, -0.25) is 0 Å². The molecule has 2 nitrogen and oxygen atoms in total. The summed E-state index contributed by atoms with van der Waals surface area (Å²) in [6, 6.07) is 8.59. The second-order valence-electron chi connectivity index (χ2n) is 7.33. The molecular weight excluding hydrogens is 318 g/mol. The van der Waals surface area contributed by atoms with Gasteiger partial charge in [-0.15, -0.1) is 0 Å². The van der Waals surface area contributed by atoms with Gasteiger partial charge >= 0.3 is 0 Å². The Balaban J connectivity index is 0.00000146. The molecule has 26 heavy (non-hydrogen) atoms. The molecule has 4 unspecified atom stereocenters. The van der Waals surface area contributed by atoms with Crippen LogP contribution in [0.3, 0.4) is 0 Å². The quantitative estimate of drug-likeness (QED) is 0.375. The van der Waals surface area contributed by atoms with Crippen LogP contribution >= 0.6 is 0 Å². The Morgan fingerprint density at radius 3 is 2.08 bits per heavy atom. The summed E-state index contributed by atoms with van der Waals surface area (Å²) >= 11 is 0. The lowest BCUT2D eigenvalue weighted by Crippen LogP contribution is -2.18. The minimum Gasteiger partial charge on any atom is -0.400 e. The van der Waals surface area contributed by atoms with Crippen LogP contribution in [-0.2, 0) is 0 Å². The van der Waals surface area contributed by atoms with Crippen molar-refractivity contribution in [3.8, 4) is 0 Å². The smallest absolute Gasteiger partial charge is 0.0319 e. The van der Waals surface area contributed by atoms with E-state index in [1.54, 1.807) is 0 Å². The van der Waals surface area contributed by atoms with Crippen LogP contribution in [0.1, 0.15) is 84.6 Å². The second kappa shape index (κ2) is 14.8. The van der Waals surface area contributed by atoms with Gasteiger partial charge in [0, 0.05) is 12.8 Å². The number of benzene rings is 1. The summed E-state index contributed by atoms with van der Waals surface area (Å²) in [7, 11) is 1.00. The molecule has 0 heterocycles. The van der Waals surface area contributed by atoms with E-state index in [1.165, 1.54) is 44.1 Å². The molecule has 0 radical (unpaired) electrons. The Kier molecular flexibility index (Phi) is 14.1. The summed E-state index contributed by atoms with van der Waals surface area (Å²) in [6.07, 6.45) is 12.7.